The number of nitrogens with zero attached hydrogens (tertiary/aromatic N) is 5. The zero-order chi connectivity index (χ0) is 37.5. The first-order valence-electron chi connectivity index (χ1n) is 17.3. The number of anilines is 2. The summed E-state index contributed by atoms with van der Waals surface area (Å²) in [5, 5.41) is 3.34. The zero-order valence-corrected chi connectivity index (χ0v) is 33.5. The van der Waals surface area contributed by atoms with Crippen LogP contribution in [0.5, 0.6) is 0 Å². The van der Waals surface area contributed by atoms with E-state index in [1.807, 2.05) is 37.3 Å². The number of carbonyl (C=O) groups is 1. The Kier molecular flexibility index (Phi) is 12.1. The van der Waals surface area contributed by atoms with E-state index in [2.05, 4.69) is 12.2 Å². The summed E-state index contributed by atoms with van der Waals surface area (Å²) in [6.07, 6.45) is 1.87. The number of ether oxygens (including phenoxy) is 1. The second-order valence-corrected chi connectivity index (χ2v) is 18.1. The number of hydrogen-bond donors (Lipinski definition) is 1. The molecule has 4 heterocycles. The summed E-state index contributed by atoms with van der Waals surface area (Å²) in [7, 11) is -4.26. The van der Waals surface area contributed by atoms with Crippen molar-refractivity contribution in [2.45, 2.75) is 69.3 Å². The van der Waals surface area contributed by atoms with E-state index in [0.717, 1.165) is 18.5 Å². The molecule has 0 saturated carbocycles. The molecule has 0 aromatic heterocycles. The van der Waals surface area contributed by atoms with Gasteiger partial charge >= 0.3 is 26.5 Å². The van der Waals surface area contributed by atoms with E-state index in [4.69, 9.17) is 4.74 Å². The van der Waals surface area contributed by atoms with Gasteiger partial charge in [0.15, 0.2) is 0 Å². The number of likely N-dealkylation sites (N-methyl/N-ethyl adjacent to an activating group) is 2. The summed E-state index contributed by atoms with van der Waals surface area (Å²) in [5.74, 6) is -0.915. The lowest BCUT2D eigenvalue weighted by molar-refractivity contribution is 0.0570. The topological polar surface area (TPSA) is 123 Å². The predicted octanol–water partition coefficient (Wildman–Crippen LogP) is 4.77. The number of piperidine rings is 2. The largest absolute Gasteiger partial charge is 0.445 e. The SMILES string of the molecule is C[C@H]1C[C@]2(CCN1)CN(C)S(=O)(=O)N2c1cccc(F)c1.C[C@H]1C[C@]2(CCN1C(=O)OCc1ccccc1)CN(C)S(=O)(=O)N2c1cccc(F)c1.P. The molecule has 3 aromatic rings. The van der Waals surface area contributed by atoms with Crippen molar-refractivity contribution < 1.29 is 35.1 Å². The number of likely N-dealkylation sites (tertiary alicyclic amines) is 1. The van der Waals surface area contributed by atoms with Crippen LogP contribution in [0.15, 0.2) is 78.9 Å². The first-order chi connectivity index (χ1) is 24.6. The molecule has 17 heteroatoms. The molecule has 1 unspecified atom stereocenters. The molecule has 12 nitrogen and oxygen atoms in total. The minimum Gasteiger partial charge on any atom is -0.445 e. The number of nitrogens with one attached hydrogen (secondary N) is 1. The summed E-state index contributed by atoms with van der Waals surface area (Å²) in [6.45, 7) is 5.96. The van der Waals surface area contributed by atoms with Crippen LogP contribution in [-0.2, 0) is 31.8 Å². The minimum absolute atomic E-state index is 0. The number of rotatable bonds is 4. The monoisotopic (exact) mass is 794 g/mol. The maximum absolute atomic E-state index is 13.9. The molecule has 4 aliphatic heterocycles. The summed E-state index contributed by atoms with van der Waals surface area (Å²) in [6, 6.07) is 20.9. The lowest BCUT2D eigenvalue weighted by Gasteiger charge is -2.46. The van der Waals surface area contributed by atoms with Crippen LogP contribution >= 0.6 is 9.90 Å². The number of carbonyl (C=O) groups excluding carboxylic acids is 1. The van der Waals surface area contributed by atoms with Gasteiger partial charge in [0, 0.05) is 45.8 Å². The van der Waals surface area contributed by atoms with E-state index in [-0.39, 0.29) is 35.1 Å². The molecule has 1 amide bonds. The smallest absolute Gasteiger partial charge is 0.410 e. The summed E-state index contributed by atoms with van der Waals surface area (Å²) in [4.78, 5) is 14.3. The van der Waals surface area contributed by atoms with Gasteiger partial charge in [-0.05, 0) is 88.0 Å². The van der Waals surface area contributed by atoms with Gasteiger partial charge in [0.2, 0.25) is 0 Å². The van der Waals surface area contributed by atoms with Gasteiger partial charge in [-0.25, -0.2) is 17.9 Å². The molecule has 0 aliphatic carbocycles. The van der Waals surface area contributed by atoms with Gasteiger partial charge in [-0.2, -0.15) is 35.3 Å². The third-order valence-electron chi connectivity index (χ3n) is 10.5. The average molecular weight is 795 g/mol. The van der Waals surface area contributed by atoms with Crippen LogP contribution in [0.3, 0.4) is 0 Å². The van der Waals surface area contributed by atoms with E-state index in [9.17, 15) is 30.4 Å². The molecular formula is C36H49F2N6O6PS2. The fraction of sp³-hybridized carbons (Fsp3) is 0.472. The van der Waals surface area contributed by atoms with Crippen LogP contribution in [0, 0.1) is 11.6 Å². The molecule has 0 radical (unpaired) electrons. The first kappa shape index (κ1) is 40.8. The van der Waals surface area contributed by atoms with Crippen molar-refractivity contribution >= 4 is 47.8 Å². The number of benzene rings is 3. The maximum Gasteiger partial charge on any atom is 0.410 e. The van der Waals surface area contributed by atoms with Crippen molar-refractivity contribution in [3.8, 4) is 0 Å². The van der Waals surface area contributed by atoms with Gasteiger partial charge in [-0.1, -0.05) is 42.5 Å². The molecule has 4 saturated heterocycles. The average Bonchev–Trinajstić information content (AvgIpc) is 3.39. The minimum atomic E-state index is -3.79. The summed E-state index contributed by atoms with van der Waals surface area (Å²) < 4.78 is 89.9. The standard InChI is InChI=1S/C22H26FN3O4S.C14H20FN3O2S.H3P/c1-17-14-22(11-12-25(17)21(27)30-15-18-7-4-3-5-8-18)16-24(2)31(28,29)26(22)20-10-6-9-19(23)13-20;1-11-9-14(6-7-16-11)10-17(2)21(19,20)18(14)13-5-3-4-12(15)8-13;/h3-10,13,17H,11-12,14-16H2,1-2H3;3-5,8,11,16H,6-7,9-10H2,1-2H3;1H3/t17-,22+;11-,14+;/m00./s1. The zero-order valence-electron chi connectivity index (χ0n) is 30.5. The Hall–Kier alpha value is -3.40. The highest BCUT2D eigenvalue weighted by atomic mass is 32.2. The first-order valence-corrected chi connectivity index (χ1v) is 20.1. The molecule has 3 aromatic carbocycles. The molecular weight excluding hydrogens is 746 g/mol. The number of amides is 1. The van der Waals surface area contributed by atoms with Gasteiger partial charge < -0.3 is 15.0 Å². The van der Waals surface area contributed by atoms with Gasteiger partial charge in [0.1, 0.15) is 18.2 Å². The molecule has 53 heavy (non-hydrogen) atoms. The highest BCUT2D eigenvalue weighted by Gasteiger charge is 2.57. The second kappa shape index (κ2) is 15.8. The normalized spacial score (nSPS) is 28.0. The Balaban J connectivity index is 0.000000215. The van der Waals surface area contributed by atoms with E-state index in [0.29, 0.717) is 43.7 Å². The third kappa shape index (κ3) is 8.04. The molecule has 4 fully saturated rings. The van der Waals surface area contributed by atoms with Crippen LogP contribution in [0.25, 0.3) is 0 Å². The van der Waals surface area contributed by atoms with E-state index in [1.54, 1.807) is 30.1 Å². The highest BCUT2D eigenvalue weighted by Crippen LogP contribution is 2.44. The van der Waals surface area contributed by atoms with Crippen molar-refractivity contribution in [3.05, 3.63) is 96.1 Å². The Labute approximate surface area is 315 Å². The molecule has 0 bridgehead atoms. The van der Waals surface area contributed by atoms with Crippen molar-refractivity contribution in [3.63, 3.8) is 0 Å². The molecule has 7 rings (SSSR count). The van der Waals surface area contributed by atoms with E-state index in [1.165, 1.54) is 54.6 Å². The quantitative estimate of drug-likeness (QED) is 0.378. The Morgan fingerprint density at radius 1 is 0.792 bits per heavy atom. The van der Waals surface area contributed by atoms with Crippen molar-refractivity contribution in [1.82, 2.24) is 18.8 Å². The fourth-order valence-corrected chi connectivity index (χ4v) is 11.8. The van der Waals surface area contributed by atoms with Gasteiger partial charge in [0.25, 0.3) is 0 Å². The van der Waals surface area contributed by atoms with E-state index >= 15 is 0 Å². The van der Waals surface area contributed by atoms with Crippen molar-refractivity contribution in [2.75, 3.05) is 48.9 Å². The lowest BCUT2D eigenvalue weighted by atomic mass is 9.83. The third-order valence-corrected chi connectivity index (χ3v) is 14.4. The second-order valence-electron chi connectivity index (χ2n) is 14.3. The molecule has 4 aliphatic rings. The van der Waals surface area contributed by atoms with Crippen LogP contribution in [-0.4, -0.2) is 99.9 Å². The van der Waals surface area contributed by atoms with Crippen LogP contribution in [0.2, 0.25) is 0 Å². The number of halogens is 2. The fourth-order valence-electron chi connectivity index (χ4n) is 8.24. The van der Waals surface area contributed by atoms with E-state index < -0.39 is 49.2 Å². The van der Waals surface area contributed by atoms with Crippen LogP contribution < -0.4 is 13.9 Å². The van der Waals surface area contributed by atoms with Crippen LogP contribution in [0.1, 0.15) is 45.1 Å². The molecule has 1 N–H and O–H groups in total. The Morgan fingerprint density at radius 2 is 1.32 bits per heavy atom. The van der Waals surface area contributed by atoms with Crippen molar-refractivity contribution in [2.24, 2.45) is 0 Å². The van der Waals surface area contributed by atoms with Gasteiger partial charge in [-0.3, -0.25) is 4.31 Å². The van der Waals surface area contributed by atoms with Gasteiger partial charge in [0.05, 0.1) is 22.5 Å². The van der Waals surface area contributed by atoms with Crippen molar-refractivity contribution in [1.29, 1.82) is 0 Å². The Morgan fingerprint density at radius 3 is 1.81 bits per heavy atom. The summed E-state index contributed by atoms with van der Waals surface area (Å²) >= 11 is 0. The highest BCUT2D eigenvalue weighted by molar-refractivity contribution is 7.91. The van der Waals surface area contributed by atoms with Crippen LogP contribution in [0.4, 0.5) is 25.0 Å². The summed E-state index contributed by atoms with van der Waals surface area (Å²) in [5.41, 5.74) is 0.367. The number of hydrogen-bond acceptors (Lipinski definition) is 7. The van der Waals surface area contributed by atoms with Gasteiger partial charge in [-0.15, -0.1) is 0 Å². The molecule has 5 atom stereocenters. The Bertz CT molecular complexity index is 2000. The molecule has 2 spiro atoms. The maximum atomic E-state index is 13.9. The predicted molar refractivity (Wildman–Crippen MR) is 206 cm³/mol. The molecule has 290 valence electrons. The lowest BCUT2D eigenvalue weighted by Crippen LogP contribution is -2.58.